The van der Waals surface area contributed by atoms with Gasteiger partial charge in [0.2, 0.25) is 5.91 Å². The Morgan fingerprint density at radius 2 is 1.95 bits per heavy atom. The summed E-state index contributed by atoms with van der Waals surface area (Å²) in [6, 6.07) is 8.62. The first-order valence-corrected chi connectivity index (χ1v) is 8.00. The zero-order chi connectivity index (χ0) is 15.9. The smallest absolute Gasteiger partial charge is 0.234 e. The van der Waals surface area contributed by atoms with Gasteiger partial charge in [0.15, 0.2) is 0 Å². The fourth-order valence-corrected chi connectivity index (χ4v) is 2.67. The highest BCUT2D eigenvalue weighted by Crippen LogP contribution is 2.17. The van der Waals surface area contributed by atoms with Gasteiger partial charge in [-0.2, -0.15) is 0 Å². The van der Waals surface area contributed by atoms with Crippen LogP contribution in [0.25, 0.3) is 0 Å². The molecule has 122 valence electrons. The number of piperazine rings is 1. The molecule has 1 aliphatic rings. The van der Waals surface area contributed by atoms with Crippen molar-refractivity contribution in [2.45, 2.75) is 6.92 Å². The third-order valence-corrected chi connectivity index (χ3v) is 3.99. The lowest BCUT2D eigenvalue weighted by Crippen LogP contribution is -2.49. The molecule has 0 bridgehead atoms. The van der Waals surface area contributed by atoms with E-state index in [2.05, 4.69) is 51.2 Å². The summed E-state index contributed by atoms with van der Waals surface area (Å²) in [6.07, 6.45) is 0. The Hall–Kier alpha value is -1.59. The van der Waals surface area contributed by atoms with Crippen LogP contribution in [-0.4, -0.2) is 75.6 Å². The normalized spacial score (nSPS) is 16.1. The first-order valence-electron chi connectivity index (χ1n) is 8.00. The third kappa shape index (κ3) is 5.31. The average molecular weight is 304 g/mol. The van der Waals surface area contributed by atoms with E-state index in [4.69, 9.17) is 0 Å². The van der Waals surface area contributed by atoms with Crippen LogP contribution in [0.4, 0.5) is 5.69 Å². The SMILES string of the molecule is Cc1cccc(N2CCN(CC(=O)NCCN(C)C)CC2)c1. The van der Waals surface area contributed by atoms with Gasteiger partial charge in [-0.15, -0.1) is 0 Å². The molecule has 0 aromatic heterocycles. The van der Waals surface area contributed by atoms with Crippen molar-refractivity contribution in [2.24, 2.45) is 0 Å². The molecular formula is C17H28N4O. The highest BCUT2D eigenvalue weighted by atomic mass is 16.2. The monoisotopic (exact) mass is 304 g/mol. The van der Waals surface area contributed by atoms with Gasteiger partial charge in [-0.1, -0.05) is 12.1 Å². The Morgan fingerprint density at radius 1 is 1.23 bits per heavy atom. The largest absolute Gasteiger partial charge is 0.369 e. The van der Waals surface area contributed by atoms with Gasteiger partial charge in [0.25, 0.3) is 0 Å². The van der Waals surface area contributed by atoms with E-state index in [1.165, 1.54) is 11.3 Å². The molecule has 5 heteroatoms. The summed E-state index contributed by atoms with van der Waals surface area (Å²) in [5, 5.41) is 2.98. The van der Waals surface area contributed by atoms with Crippen LogP contribution in [0.15, 0.2) is 24.3 Å². The zero-order valence-electron chi connectivity index (χ0n) is 14.0. The maximum atomic E-state index is 11.9. The molecule has 0 spiro atoms. The van der Waals surface area contributed by atoms with Gasteiger partial charge in [-0.25, -0.2) is 0 Å². The van der Waals surface area contributed by atoms with Crippen LogP contribution < -0.4 is 10.2 Å². The number of hydrogen-bond donors (Lipinski definition) is 1. The number of carbonyl (C=O) groups excluding carboxylic acids is 1. The van der Waals surface area contributed by atoms with E-state index in [9.17, 15) is 4.79 Å². The molecule has 0 unspecified atom stereocenters. The van der Waals surface area contributed by atoms with Crippen molar-refractivity contribution in [1.29, 1.82) is 0 Å². The highest BCUT2D eigenvalue weighted by Gasteiger charge is 2.19. The number of rotatable bonds is 6. The molecule has 0 atom stereocenters. The van der Waals surface area contributed by atoms with Crippen molar-refractivity contribution in [1.82, 2.24) is 15.1 Å². The molecule has 0 radical (unpaired) electrons. The molecule has 5 nitrogen and oxygen atoms in total. The molecular weight excluding hydrogens is 276 g/mol. The van der Waals surface area contributed by atoms with Crippen LogP contribution in [0.2, 0.25) is 0 Å². The van der Waals surface area contributed by atoms with E-state index in [1.807, 2.05) is 14.1 Å². The number of amides is 1. The molecule has 1 aromatic carbocycles. The molecule has 1 N–H and O–H groups in total. The van der Waals surface area contributed by atoms with E-state index in [-0.39, 0.29) is 5.91 Å². The number of likely N-dealkylation sites (N-methyl/N-ethyl adjacent to an activating group) is 1. The summed E-state index contributed by atoms with van der Waals surface area (Å²) in [7, 11) is 4.02. The van der Waals surface area contributed by atoms with E-state index in [1.54, 1.807) is 0 Å². The van der Waals surface area contributed by atoms with E-state index < -0.39 is 0 Å². The van der Waals surface area contributed by atoms with E-state index in [0.29, 0.717) is 6.54 Å². The molecule has 2 rings (SSSR count). The van der Waals surface area contributed by atoms with Crippen molar-refractivity contribution in [3.8, 4) is 0 Å². The molecule has 1 saturated heterocycles. The van der Waals surface area contributed by atoms with Crippen LogP contribution >= 0.6 is 0 Å². The minimum absolute atomic E-state index is 0.130. The topological polar surface area (TPSA) is 38.8 Å². The standard InChI is InChI=1S/C17H28N4O/c1-15-5-4-6-16(13-15)21-11-9-20(10-12-21)14-17(22)18-7-8-19(2)3/h4-6,13H,7-12,14H2,1-3H3,(H,18,22). The van der Waals surface area contributed by atoms with Crippen molar-refractivity contribution < 1.29 is 4.79 Å². The van der Waals surface area contributed by atoms with Gasteiger partial charge in [-0.05, 0) is 38.7 Å². The van der Waals surface area contributed by atoms with Crippen LogP contribution in [0.1, 0.15) is 5.56 Å². The van der Waals surface area contributed by atoms with Crippen LogP contribution in [0.5, 0.6) is 0 Å². The number of aryl methyl sites for hydroxylation is 1. The summed E-state index contributed by atoms with van der Waals surface area (Å²) in [4.78, 5) is 18.6. The van der Waals surface area contributed by atoms with Crippen molar-refractivity contribution in [3.63, 3.8) is 0 Å². The number of nitrogens with zero attached hydrogens (tertiary/aromatic N) is 3. The summed E-state index contributed by atoms with van der Waals surface area (Å²) in [6.45, 7) is 8.07. The molecule has 1 aliphatic heterocycles. The lowest BCUT2D eigenvalue weighted by Gasteiger charge is -2.35. The Labute approximate surface area is 133 Å². The van der Waals surface area contributed by atoms with E-state index >= 15 is 0 Å². The predicted molar refractivity (Wildman–Crippen MR) is 91.4 cm³/mol. The first kappa shape index (κ1) is 16.8. The second-order valence-corrected chi connectivity index (χ2v) is 6.26. The highest BCUT2D eigenvalue weighted by molar-refractivity contribution is 5.78. The fourth-order valence-electron chi connectivity index (χ4n) is 2.67. The molecule has 0 aliphatic carbocycles. The number of nitrogens with one attached hydrogen (secondary N) is 1. The van der Waals surface area contributed by atoms with Crippen molar-refractivity contribution in [3.05, 3.63) is 29.8 Å². The van der Waals surface area contributed by atoms with Gasteiger partial charge in [0.05, 0.1) is 6.54 Å². The minimum atomic E-state index is 0.130. The summed E-state index contributed by atoms with van der Waals surface area (Å²) >= 11 is 0. The molecule has 1 amide bonds. The quantitative estimate of drug-likeness (QED) is 0.843. The second kappa shape index (κ2) is 8.15. The molecule has 1 heterocycles. The third-order valence-electron chi connectivity index (χ3n) is 3.99. The summed E-state index contributed by atoms with van der Waals surface area (Å²) in [5.74, 6) is 0.130. The Morgan fingerprint density at radius 3 is 2.59 bits per heavy atom. The zero-order valence-corrected chi connectivity index (χ0v) is 14.0. The van der Waals surface area contributed by atoms with Gasteiger partial charge in [0, 0.05) is 45.0 Å². The number of carbonyl (C=O) groups is 1. The molecule has 22 heavy (non-hydrogen) atoms. The average Bonchev–Trinajstić information content (AvgIpc) is 2.47. The van der Waals surface area contributed by atoms with Gasteiger partial charge < -0.3 is 15.1 Å². The van der Waals surface area contributed by atoms with Crippen molar-refractivity contribution >= 4 is 11.6 Å². The maximum absolute atomic E-state index is 11.9. The fraction of sp³-hybridized carbons (Fsp3) is 0.588. The number of hydrogen-bond acceptors (Lipinski definition) is 4. The van der Waals surface area contributed by atoms with Crippen LogP contribution in [-0.2, 0) is 4.79 Å². The lowest BCUT2D eigenvalue weighted by molar-refractivity contribution is -0.122. The molecule has 1 aromatic rings. The van der Waals surface area contributed by atoms with Crippen LogP contribution in [0.3, 0.4) is 0 Å². The van der Waals surface area contributed by atoms with Gasteiger partial charge >= 0.3 is 0 Å². The Kier molecular flexibility index (Phi) is 6.21. The van der Waals surface area contributed by atoms with Gasteiger partial charge in [0.1, 0.15) is 0 Å². The lowest BCUT2D eigenvalue weighted by atomic mass is 10.2. The minimum Gasteiger partial charge on any atom is -0.369 e. The Bertz CT molecular complexity index is 481. The number of anilines is 1. The summed E-state index contributed by atoms with van der Waals surface area (Å²) < 4.78 is 0. The second-order valence-electron chi connectivity index (χ2n) is 6.26. The first-order chi connectivity index (χ1) is 10.5. The van der Waals surface area contributed by atoms with Gasteiger partial charge in [-0.3, -0.25) is 9.69 Å². The maximum Gasteiger partial charge on any atom is 0.234 e. The molecule has 0 saturated carbocycles. The van der Waals surface area contributed by atoms with Crippen molar-refractivity contribution in [2.75, 3.05) is 64.8 Å². The Balaban J connectivity index is 1.72. The van der Waals surface area contributed by atoms with E-state index in [0.717, 1.165) is 39.3 Å². The predicted octanol–water partition coefficient (Wildman–Crippen LogP) is 0.795. The summed E-state index contributed by atoms with van der Waals surface area (Å²) in [5.41, 5.74) is 2.58. The number of benzene rings is 1. The molecule has 1 fully saturated rings. The van der Waals surface area contributed by atoms with Crippen LogP contribution in [0, 0.1) is 6.92 Å².